The number of aromatic nitrogens is 1. The predicted octanol–water partition coefficient (Wildman–Crippen LogP) is 0.399. The Balaban J connectivity index is 2.19. The second kappa shape index (κ2) is 3.94. The molecular weight excluding hydrogens is 180 g/mol. The van der Waals surface area contributed by atoms with Crippen molar-refractivity contribution in [1.82, 2.24) is 4.98 Å². The number of hydrogen-bond acceptors (Lipinski definition) is 4. The van der Waals surface area contributed by atoms with Gasteiger partial charge in [0.15, 0.2) is 0 Å². The SMILES string of the molecule is NC(CCO)c1cc2c(cn1)OCC2. The zero-order valence-electron chi connectivity index (χ0n) is 7.94. The van der Waals surface area contributed by atoms with Gasteiger partial charge in [-0.2, -0.15) is 0 Å². The summed E-state index contributed by atoms with van der Waals surface area (Å²) in [5.41, 5.74) is 7.84. The van der Waals surface area contributed by atoms with Crippen LogP contribution in [0.15, 0.2) is 12.3 Å². The van der Waals surface area contributed by atoms with E-state index in [-0.39, 0.29) is 12.6 Å². The van der Waals surface area contributed by atoms with Gasteiger partial charge < -0.3 is 15.6 Å². The number of ether oxygens (including phenoxy) is 1. The summed E-state index contributed by atoms with van der Waals surface area (Å²) < 4.78 is 5.34. The van der Waals surface area contributed by atoms with Crippen LogP contribution in [0.5, 0.6) is 5.75 Å². The van der Waals surface area contributed by atoms with Crippen LogP contribution >= 0.6 is 0 Å². The largest absolute Gasteiger partial charge is 0.491 e. The van der Waals surface area contributed by atoms with Gasteiger partial charge >= 0.3 is 0 Å². The molecule has 0 aromatic carbocycles. The Morgan fingerprint density at radius 3 is 3.29 bits per heavy atom. The molecule has 2 heterocycles. The molecule has 2 rings (SSSR count). The normalized spacial score (nSPS) is 16.1. The number of rotatable bonds is 3. The number of hydrogen-bond donors (Lipinski definition) is 2. The lowest BCUT2D eigenvalue weighted by Gasteiger charge is -2.09. The predicted molar refractivity (Wildman–Crippen MR) is 52.1 cm³/mol. The van der Waals surface area contributed by atoms with Crippen molar-refractivity contribution in [3.05, 3.63) is 23.5 Å². The number of aliphatic hydroxyl groups is 1. The van der Waals surface area contributed by atoms with E-state index in [0.717, 1.165) is 24.5 Å². The van der Waals surface area contributed by atoms with Gasteiger partial charge in [-0.1, -0.05) is 0 Å². The van der Waals surface area contributed by atoms with Gasteiger partial charge in [-0.3, -0.25) is 4.98 Å². The highest BCUT2D eigenvalue weighted by Gasteiger charge is 2.15. The summed E-state index contributed by atoms with van der Waals surface area (Å²) in [5.74, 6) is 0.866. The highest BCUT2D eigenvalue weighted by atomic mass is 16.5. The third kappa shape index (κ3) is 1.71. The van der Waals surface area contributed by atoms with Crippen molar-refractivity contribution < 1.29 is 9.84 Å². The number of fused-ring (bicyclic) bond motifs is 1. The van der Waals surface area contributed by atoms with Crippen LogP contribution in [0.1, 0.15) is 23.7 Å². The maximum absolute atomic E-state index is 8.76. The smallest absolute Gasteiger partial charge is 0.140 e. The van der Waals surface area contributed by atoms with E-state index < -0.39 is 0 Å². The molecule has 0 saturated carbocycles. The first kappa shape index (κ1) is 9.43. The maximum Gasteiger partial charge on any atom is 0.140 e. The lowest BCUT2D eigenvalue weighted by molar-refractivity contribution is 0.275. The van der Waals surface area contributed by atoms with E-state index in [0.29, 0.717) is 6.42 Å². The molecule has 1 aromatic rings. The molecule has 1 aliphatic heterocycles. The Kier molecular flexibility index (Phi) is 2.65. The van der Waals surface area contributed by atoms with Crippen LogP contribution < -0.4 is 10.5 Å². The van der Waals surface area contributed by atoms with Crippen LogP contribution in [0.3, 0.4) is 0 Å². The summed E-state index contributed by atoms with van der Waals surface area (Å²) in [6.07, 6.45) is 3.19. The van der Waals surface area contributed by atoms with E-state index in [1.54, 1.807) is 6.20 Å². The average molecular weight is 194 g/mol. The Labute approximate surface area is 82.7 Å². The van der Waals surface area contributed by atoms with E-state index in [1.165, 1.54) is 5.56 Å². The highest BCUT2D eigenvalue weighted by Crippen LogP contribution is 2.26. The van der Waals surface area contributed by atoms with E-state index >= 15 is 0 Å². The van der Waals surface area contributed by atoms with Gasteiger partial charge in [0.2, 0.25) is 0 Å². The summed E-state index contributed by atoms with van der Waals surface area (Å²) in [6.45, 7) is 0.826. The summed E-state index contributed by atoms with van der Waals surface area (Å²) >= 11 is 0. The molecule has 0 fully saturated rings. The molecular formula is C10H14N2O2. The molecule has 1 aliphatic rings. The van der Waals surface area contributed by atoms with Gasteiger partial charge in [0.05, 0.1) is 18.5 Å². The van der Waals surface area contributed by atoms with Crippen molar-refractivity contribution in [1.29, 1.82) is 0 Å². The van der Waals surface area contributed by atoms with E-state index in [9.17, 15) is 0 Å². The van der Waals surface area contributed by atoms with Crippen molar-refractivity contribution in [3.63, 3.8) is 0 Å². The molecule has 0 bridgehead atoms. The van der Waals surface area contributed by atoms with E-state index in [2.05, 4.69) is 4.98 Å². The molecule has 76 valence electrons. The van der Waals surface area contributed by atoms with Gasteiger partial charge in [-0.15, -0.1) is 0 Å². The quantitative estimate of drug-likeness (QED) is 0.730. The fourth-order valence-electron chi connectivity index (χ4n) is 1.59. The van der Waals surface area contributed by atoms with Crippen LogP contribution in [0.2, 0.25) is 0 Å². The first-order valence-electron chi connectivity index (χ1n) is 4.79. The summed E-state index contributed by atoms with van der Waals surface area (Å²) in [7, 11) is 0. The molecule has 1 unspecified atom stereocenters. The second-order valence-electron chi connectivity index (χ2n) is 3.43. The first-order chi connectivity index (χ1) is 6.81. The fraction of sp³-hybridized carbons (Fsp3) is 0.500. The lowest BCUT2D eigenvalue weighted by atomic mass is 10.1. The number of aliphatic hydroxyl groups excluding tert-OH is 1. The van der Waals surface area contributed by atoms with Crippen LogP contribution in [-0.4, -0.2) is 23.3 Å². The van der Waals surface area contributed by atoms with Gasteiger partial charge in [0.1, 0.15) is 5.75 Å². The van der Waals surface area contributed by atoms with Gasteiger partial charge in [0.25, 0.3) is 0 Å². The molecule has 0 saturated heterocycles. The number of nitrogens with zero attached hydrogens (tertiary/aromatic N) is 1. The fourth-order valence-corrected chi connectivity index (χ4v) is 1.59. The summed E-state index contributed by atoms with van der Waals surface area (Å²) in [6, 6.07) is 1.80. The molecule has 1 aromatic heterocycles. The van der Waals surface area contributed by atoms with Crippen LogP contribution in [0.4, 0.5) is 0 Å². The van der Waals surface area contributed by atoms with Crippen LogP contribution in [0.25, 0.3) is 0 Å². The Morgan fingerprint density at radius 1 is 1.64 bits per heavy atom. The Bertz CT molecular complexity index is 328. The van der Waals surface area contributed by atoms with Gasteiger partial charge in [-0.05, 0) is 12.5 Å². The Hall–Kier alpha value is -1.13. The average Bonchev–Trinajstić information content (AvgIpc) is 2.64. The molecule has 0 spiro atoms. The Morgan fingerprint density at radius 2 is 2.50 bits per heavy atom. The van der Waals surface area contributed by atoms with Crippen molar-refractivity contribution >= 4 is 0 Å². The van der Waals surface area contributed by atoms with Gasteiger partial charge in [-0.25, -0.2) is 0 Å². The minimum Gasteiger partial charge on any atom is -0.491 e. The van der Waals surface area contributed by atoms with E-state index in [4.69, 9.17) is 15.6 Å². The van der Waals surface area contributed by atoms with Crippen molar-refractivity contribution in [2.75, 3.05) is 13.2 Å². The van der Waals surface area contributed by atoms with Crippen LogP contribution in [-0.2, 0) is 6.42 Å². The molecule has 0 radical (unpaired) electrons. The minimum atomic E-state index is -0.175. The highest BCUT2D eigenvalue weighted by molar-refractivity contribution is 5.36. The third-order valence-corrected chi connectivity index (χ3v) is 2.42. The zero-order valence-corrected chi connectivity index (χ0v) is 7.94. The van der Waals surface area contributed by atoms with Crippen LogP contribution in [0, 0.1) is 0 Å². The first-order valence-corrected chi connectivity index (χ1v) is 4.79. The summed E-state index contributed by atoms with van der Waals surface area (Å²) in [4.78, 5) is 4.21. The minimum absolute atomic E-state index is 0.0937. The number of nitrogens with two attached hydrogens (primary N) is 1. The molecule has 4 nitrogen and oxygen atoms in total. The van der Waals surface area contributed by atoms with Crippen molar-refractivity contribution in [3.8, 4) is 5.75 Å². The standard InChI is InChI=1S/C10H14N2O2/c11-8(1-3-13)9-5-7-2-4-14-10(7)6-12-9/h5-6,8,13H,1-4,11H2. The second-order valence-corrected chi connectivity index (χ2v) is 3.43. The van der Waals surface area contributed by atoms with Crippen molar-refractivity contribution in [2.24, 2.45) is 5.73 Å². The lowest BCUT2D eigenvalue weighted by Crippen LogP contribution is -2.13. The molecule has 1 atom stereocenters. The molecule has 0 amide bonds. The summed E-state index contributed by atoms with van der Waals surface area (Å²) in [5, 5.41) is 8.76. The topological polar surface area (TPSA) is 68.4 Å². The van der Waals surface area contributed by atoms with E-state index in [1.807, 2.05) is 6.07 Å². The third-order valence-electron chi connectivity index (χ3n) is 2.42. The zero-order chi connectivity index (χ0) is 9.97. The number of pyridine rings is 1. The molecule has 4 heteroatoms. The van der Waals surface area contributed by atoms with Gasteiger partial charge in [0, 0.05) is 24.6 Å². The maximum atomic E-state index is 8.76. The molecule has 3 N–H and O–H groups in total. The molecule has 0 aliphatic carbocycles. The monoisotopic (exact) mass is 194 g/mol. The van der Waals surface area contributed by atoms with Crippen molar-refractivity contribution in [2.45, 2.75) is 18.9 Å². The molecule has 14 heavy (non-hydrogen) atoms.